The molecule has 1 saturated carbocycles. The average Bonchev–Trinajstić information content (AvgIpc) is 3.40. The van der Waals surface area contributed by atoms with Crippen LogP contribution in [0.15, 0.2) is 47.4 Å². The summed E-state index contributed by atoms with van der Waals surface area (Å²) < 4.78 is 124. The number of hydrogen-bond donors (Lipinski definition) is 1. The molecule has 1 aliphatic heterocycles. The van der Waals surface area contributed by atoms with Crippen molar-refractivity contribution in [2.45, 2.75) is 98.4 Å². The van der Waals surface area contributed by atoms with Gasteiger partial charge in [-0.2, -0.15) is 26.3 Å². The van der Waals surface area contributed by atoms with Crippen LogP contribution in [0, 0.1) is 11.8 Å². The number of amides is 1. The van der Waals surface area contributed by atoms with Gasteiger partial charge >= 0.3 is 24.0 Å². The van der Waals surface area contributed by atoms with Crippen LogP contribution in [0.25, 0.3) is 0 Å². The summed E-state index contributed by atoms with van der Waals surface area (Å²) in [5.41, 5.74) is -6.77. The highest BCUT2D eigenvalue weighted by Gasteiger charge is 2.74. The molecule has 1 saturated heterocycles. The summed E-state index contributed by atoms with van der Waals surface area (Å²) in [5.74, 6) is -2.41. The zero-order valence-corrected chi connectivity index (χ0v) is 25.9. The molecule has 1 amide bonds. The minimum atomic E-state index is -6.34. The van der Waals surface area contributed by atoms with Gasteiger partial charge in [0.1, 0.15) is 4.75 Å². The standard InChI is InChI=1S/C32H34F7NO5S/c1-18(2)19-7-11-24(12-8-19)46(44,45)29-15-16-40(27(41)20-3-5-21(6-4-20)28(42)43)26(29)14-9-22-17-23(10-13-25(22)29)30(33,31(34,35)36)32(37,38)39/h7-8,10-13,17-18,20-21,26H,3-6,9,14-16H2,1-2H3,(H,42,43). The summed E-state index contributed by atoms with van der Waals surface area (Å²) in [6.45, 7) is 3.76. The van der Waals surface area contributed by atoms with Crippen LogP contribution in [-0.4, -0.2) is 55.2 Å². The lowest BCUT2D eigenvalue weighted by Gasteiger charge is -2.44. The first kappa shape index (κ1) is 34.2. The highest BCUT2D eigenvalue weighted by atomic mass is 32.2. The molecule has 1 heterocycles. The molecule has 0 spiro atoms. The van der Waals surface area contributed by atoms with Crippen molar-refractivity contribution in [1.82, 2.24) is 4.90 Å². The van der Waals surface area contributed by atoms with Crippen molar-refractivity contribution in [3.63, 3.8) is 0 Å². The summed E-state index contributed by atoms with van der Waals surface area (Å²) in [7, 11) is -4.45. The number of carboxylic acid groups (broad SMARTS) is 1. The monoisotopic (exact) mass is 677 g/mol. The number of alkyl halides is 7. The van der Waals surface area contributed by atoms with Gasteiger partial charge < -0.3 is 10.0 Å². The molecule has 0 aromatic heterocycles. The number of carbonyl (C=O) groups is 2. The summed E-state index contributed by atoms with van der Waals surface area (Å²) in [5, 5.41) is 9.35. The van der Waals surface area contributed by atoms with Crippen molar-refractivity contribution < 1.29 is 53.8 Å². The molecule has 0 radical (unpaired) electrons. The molecular weight excluding hydrogens is 643 g/mol. The number of benzene rings is 2. The number of nitrogens with zero attached hydrogens (tertiary/aromatic N) is 1. The van der Waals surface area contributed by atoms with Crippen LogP contribution in [0.5, 0.6) is 0 Å². The Bertz CT molecular complexity index is 1600. The SMILES string of the molecule is CC(C)c1ccc(S(=O)(=O)C23CCN(C(=O)C4CCC(C(=O)O)CC4)C2CCc2cc(C(F)(C(F)(F)F)C(F)(F)F)ccc23)cc1. The van der Waals surface area contributed by atoms with Crippen molar-refractivity contribution in [2.75, 3.05) is 6.54 Å². The molecule has 14 heteroatoms. The Kier molecular flexibility index (Phi) is 8.56. The maximum atomic E-state index is 15.1. The number of sulfone groups is 1. The Labute approximate surface area is 261 Å². The van der Waals surface area contributed by atoms with Gasteiger partial charge in [-0.3, -0.25) is 9.59 Å². The molecule has 5 rings (SSSR count). The van der Waals surface area contributed by atoms with Crippen molar-refractivity contribution in [3.8, 4) is 0 Å². The Morgan fingerprint density at radius 2 is 1.43 bits per heavy atom. The molecule has 46 heavy (non-hydrogen) atoms. The Balaban J connectivity index is 1.63. The zero-order valence-electron chi connectivity index (χ0n) is 25.1. The predicted octanol–water partition coefficient (Wildman–Crippen LogP) is 7.21. The first-order valence-corrected chi connectivity index (χ1v) is 16.6. The van der Waals surface area contributed by atoms with Gasteiger partial charge in [0.2, 0.25) is 5.91 Å². The van der Waals surface area contributed by atoms with Gasteiger partial charge in [-0.1, -0.05) is 44.2 Å². The Morgan fingerprint density at radius 1 is 0.870 bits per heavy atom. The lowest BCUT2D eigenvalue weighted by Crippen LogP contribution is -2.53. The number of halogens is 7. The molecule has 2 atom stereocenters. The Morgan fingerprint density at radius 3 is 1.96 bits per heavy atom. The fraction of sp³-hybridized carbons (Fsp3) is 0.562. The van der Waals surface area contributed by atoms with E-state index in [1.54, 1.807) is 12.1 Å². The molecule has 2 aromatic rings. The number of carbonyl (C=O) groups excluding carboxylic acids is 1. The van der Waals surface area contributed by atoms with Gasteiger partial charge in [0.25, 0.3) is 0 Å². The van der Waals surface area contributed by atoms with Gasteiger partial charge in [0.15, 0.2) is 9.84 Å². The third-order valence-corrected chi connectivity index (χ3v) is 12.7. The molecule has 2 aliphatic carbocycles. The highest BCUT2D eigenvalue weighted by molar-refractivity contribution is 7.92. The zero-order chi connectivity index (χ0) is 34.0. The van der Waals surface area contributed by atoms with Crippen LogP contribution in [-0.2, 0) is 36.3 Å². The number of hydrogen-bond acceptors (Lipinski definition) is 4. The van der Waals surface area contributed by atoms with Crippen LogP contribution < -0.4 is 0 Å². The maximum absolute atomic E-state index is 15.1. The van der Waals surface area contributed by atoms with Crippen LogP contribution in [0.2, 0.25) is 0 Å². The highest BCUT2D eigenvalue weighted by Crippen LogP contribution is 2.57. The summed E-state index contributed by atoms with van der Waals surface area (Å²) in [6, 6.07) is 6.69. The van der Waals surface area contributed by atoms with Gasteiger partial charge in [-0.15, -0.1) is 0 Å². The van der Waals surface area contributed by atoms with Crippen LogP contribution in [0.1, 0.15) is 80.5 Å². The molecule has 0 bridgehead atoms. The van der Waals surface area contributed by atoms with E-state index in [-0.39, 0.29) is 79.3 Å². The topological polar surface area (TPSA) is 91.8 Å². The van der Waals surface area contributed by atoms with E-state index < -0.39 is 62.0 Å². The number of aliphatic carboxylic acids is 1. The first-order chi connectivity index (χ1) is 21.3. The van der Waals surface area contributed by atoms with E-state index in [1.807, 2.05) is 13.8 Å². The van der Waals surface area contributed by atoms with Gasteiger partial charge in [-0.05, 0) is 79.7 Å². The fourth-order valence-corrected chi connectivity index (χ4v) is 9.92. The summed E-state index contributed by atoms with van der Waals surface area (Å²) >= 11 is 0. The van der Waals surface area contributed by atoms with Crippen molar-refractivity contribution in [2.24, 2.45) is 11.8 Å². The number of fused-ring (bicyclic) bond motifs is 3. The number of aryl methyl sites for hydroxylation is 1. The second kappa shape index (κ2) is 11.5. The number of likely N-dealkylation sites (tertiary alicyclic amines) is 1. The molecule has 2 unspecified atom stereocenters. The molecule has 6 nitrogen and oxygen atoms in total. The quantitative estimate of drug-likeness (QED) is 0.327. The van der Waals surface area contributed by atoms with E-state index >= 15 is 4.39 Å². The van der Waals surface area contributed by atoms with E-state index in [1.165, 1.54) is 17.0 Å². The Hall–Kier alpha value is -3.16. The number of carboxylic acids is 1. The van der Waals surface area contributed by atoms with Crippen molar-refractivity contribution in [3.05, 3.63) is 64.7 Å². The van der Waals surface area contributed by atoms with E-state index in [4.69, 9.17) is 0 Å². The maximum Gasteiger partial charge on any atom is 0.435 e. The van der Waals surface area contributed by atoms with Gasteiger partial charge in [-0.25, -0.2) is 12.8 Å². The smallest absolute Gasteiger partial charge is 0.435 e. The fourth-order valence-electron chi connectivity index (χ4n) is 7.56. The third-order valence-electron chi connectivity index (χ3n) is 10.1. The number of rotatable bonds is 6. The molecule has 2 aromatic carbocycles. The van der Waals surface area contributed by atoms with E-state index in [0.717, 1.165) is 11.6 Å². The first-order valence-electron chi connectivity index (χ1n) is 15.1. The van der Waals surface area contributed by atoms with Crippen LogP contribution >= 0.6 is 0 Å². The van der Waals surface area contributed by atoms with Gasteiger partial charge in [0.05, 0.1) is 16.9 Å². The lowest BCUT2D eigenvalue weighted by molar-refractivity contribution is -0.348. The molecule has 1 N–H and O–H groups in total. The summed E-state index contributed by atoms with van der Waals surface area (Å²) in [4.78, 5) is 26.6. The predicted molar refractivity (Wildman–Crippen MR) is 152 cm³/mol. The second-order valence-corrected chi connectivity index (χ2v) is 15.1. The molecule has 252 valence electrons. The molecule has 2 fully saturated rings. The summed E-state index contributed by atoms with van der Waals surface area (Å²) in [6.07, 6.45) is -12.1. The molecule has 3 aliphatic rings. The molecular formula is C32H34F7NO5S. The minimum absolute atomic E-state index is 0.0506. The normalized spacial score (nSPS) is 25.7. The lowest BCUT2D eigenvalue weighted by atomic mass is 9.76. The second-order valence-electron chi connectivity index (χ2n) is 12.9. The van der Waals surface area contributed by atoms with Crippen molar-refractivity contribution >= 4 is 21.7 Å². The minimum Gasteiger partial charge on any atom is -0.481 e. The largest absolute Gasteiger partial charge is 0.481 e. The third kappa shape index (κ3) is 5.18. The van der Waals surface area contributed by atoms with E-state index in [0.29, 0.717) is 12.1 Å². The van der Waals surface area contributed by atoms with E-state index in [2.05, 4.69) is 0 Å². The van der Waals surface area contributed by atoms with E-state index in [9.17, 15) is 49.5 Å². The van der Waals surface area contributed by atoms with Gasteiger partial charge in [0, 0.05) is 18.0 Å². The van der Waals surface area contributed by atoms with Crippen molar-refractivity contribution in [1.29, 1.82) is 0 Å². The average molecular weight is 678 g/mol. The van der Waals surface area contributed by atoms with Crippen LogP contribution in [0.3, 0.4) is 0 Å². The van der Waals surface area contributed by atoms with Crippen LogP contribution in [0.4, 0.5) is 30.7 Å².